The van der Waals surface area contributed by atoms with E-state index in [1.807, 2.05) is 76.8 Å². The number of nitrogens with zero attached hydrogens (tertiary/aromatic N) is 1. The van der Waals surface area contributed by atoms with Gasteiger partial charge in [0.25, 0.3) is 0 Å². The van der Waals surface area contributed by atoms with Gasteiger partial charge in [0, 0.05) is 43.1 Å². The number of aromatic nitrogens is 2. The number of nitrogens with one attached hydrogen (secondary N) is 11. The van der Waals surface area contributed by atoms with Crippen LogP contribution in [0.1, 0.15) is 81.0 Å². The molecule has 33 nitrogen and oxygen atoms in total. The average molecular weight is 1570 g/mol. The topological polar surface area (TPSA) is 533 Å². The second kappa shape index (κ2) is 40.4. The molecule has 1 heterocycles. The van der Waals surface area contributed by atoms with Gasteiger partial charge in [-0.1, -0.05) is 85.8 Å². The Balaban J connectivity index is 1.21. The van der Waals surface area contributed by atoms with E-state index in [9.17, 15) is 101 Å². The fourth-order valence-electron chi connectivity index (χ4n) is 11.5. The molecule has 38 heteroatoms. The SMILES string of the molecule is CCc1cc(OC)ccc1-c1ccc(C[C@H](NC(=O)[C@H](CC(=O)O)NC(=O)[C@H](CO)NC(=O)[C@@H](NC(=O)[C@](C)(Cc2c(F)c(F)c(F)c(F)c2F)NC(=O)[C@@H](NC(=O)CNC(=O)[C@H](CC(=O)O)NC(=O)[C@@H](C)NC(=O)[C@@H](N)Cc2cnc[nH]2)[C@@H](C)O)[C@@H](C)O)C(=O)N[C@@H](Cc2ccc(-c3ccccc3C)cc2)C(N)=O)cc1. The molecule has 0 radical (unpaired) electrons. The highest BCUT2D eigenvalue weighted by atomic mass is 19.2. The second-order valence-electron chi connectivity index (χ2n) is 26.4. The van der Waals surface area contributed by atoms with Crippen molar-refractivity contribution in [2.24, 2.45) is 11.5 Å². The van der Waals surface area contributed by atoms with Crippen LogP contribution in [0.2, 0.25) is 0 Å². The number of methoxy groups -OCH3 is 1. The van der Waals surface area contributed by atoms with Crippen LogP contribution in [0.4, 0.5) is 22.0 Å². The summed E-state index contributed by atoms with van der Waals surface area (Å²) in [5.74, 6) is -30.7. The largest absolute Gasteiger partial charge is 0.497 e. The molecule has 0 spiro atoms. The number of halogens is 5. The third kappa shape index (κ3) is 24.4. The van der Waals surface area contributed by atoms with Crippen molar-refractivity contribution < 1.29 is 115 Å². The van der Waals surface area contributed by atoms with Crippen molar-refractivity contribution in [1.82, 2.24) is 63.1 Å². The number of ether oxygens (including phenoxy) is 1. The molecule has 602 valence electrons. The number of hydrogen-bond acceptors (Lipinski definition) is 19. The smallest absolute Gasteiger partial charge is 0.305 e. The first-order valence-electron chi connectivity index (χ1n) is 34.7. The summed E-state index contributed by atoms with van der Waals surface area (Å²) in [7, 11) is 1.52. The van der Waals surface area contributed by atoms with Gasteiger partial charge in [0.15, 0.2) is 23.3 Å². The molecule has 1 aromatic heterocycles. The number of carboxylic acids is 2. The number of amides is 11. The monoisotopic (exact) mass is 1570 g/mol. The van der Waals surface area contributed by atoms with Gasteiger partial charge in [-0.25, -0.2) is 26.9 Å². The second-order valence-corrected chi connectivity index (χ2v) is 26.4. The summed E-state index contributed by atoms with van der Waals surface area (Å²) in [6.07, 6.45) is -5.67. The number of aliphatic carboxylic acids is 2. The number of carbonyl (C=O) groups is 13. The number of primary amides is 1. The van der Waals surface area contributed by atoms with Gasteiger partial charge >= 0.3 is 11.9 Å². The molecule has 0 saturated carbocycles. The maximum Gasteiger partial charge on any atom is 0.305 e. The lowest BCUT2D eigenvalue weighted by atomic mass is 9.89. The predicted octanol–water partition coefficient (Wildman–Crippen LogP) is -1.01. The van der Waals surface area contributed by atoms with Crippen LogP contribution in [0.25, 0.3) is 22.3 Å². The Hall–Kier alpha value is -12.3. The van der Waals surface area contributed by atoms with Gasteiger partial charge in [-0.15, -0.1) is 0 Å². The third-order valence-corrected chi connectivity index (χ3v) is 17.8. The zero-order valence-corrected chi connectivity index (χ0v) is 61.5. The van der Waals surface area contributed by atoms with Crippen molar-refractivity contribution in [2.75, 3.05) is 20.3 Å². The number of aliphatic hydroxyl groups is 3. The first-order chi connectivity index (χ1) is 52.8. The highest BCUT2D eigenvalue weighted by Crippen LogP contribution is 2.31. The number of imidazole rings is 1. The average Bonchev–Trinajstić information content (AvgIpc) is 0.827. The number of aliphatic hydroxyl groups excluding tert-OH is 3. The Morgan fingerprint density at radius 3 is 1.60 bits per heavy atom. The number of carbonyl (C=O) groups excluding carboxylic acids is 11. The minimum Gasteiger partial charge on any atom is -0.497 e. The molecule has 0 fully saturated rings. The summed E-state index contributed by atoms with van der Waals surface area (Å²) in [5.41, 5.74) is 13.4. The summed E-state index contributed by atoms with van der Waals surface area (Å²) in [6, 6.07) is 9.77. The van der Waals surface area contributed by atoms with E-state index >= 15 is 8.78 Å². The lowest BCUT2D eigenvalue weighted by Gasteiger charge is -2.34. The molecule has 0 aliphatic carbocycles. The summed E-state index contributed by atoms with van der Waals surface area (Å²) in [5, 5.41) is 73.0. The number of nitrogens with two attached hydrogens (primary N) is 2. The molecule has 112 heavy (non-hydrogen) atoms. The fraction of sp³-hybridized carbons (Fsp3) is 0.378. The maximum absolute atomic E-state index is 15.5. The number of hydrogen-bond donors (Lipinski definition) is 18. The van der Waals surface area contributed by atoms with Gasteiger partial charge in [-0.2, -0.15) is 0 Å². The lowest BCUT2D eigenvalue weighted by molar-refractivity contribution is -0.142. The normalized spacial score (nSPS) is 14.6. The summed E-state index contributed by atoms with van der Waals surface area (Å²) < 4.78 is 80.5. The molecular weight excluding hydrogens is 1480 g/mol. The minimum absolute atomic E-state index is 0.0457. The molecule has 0 saturated heterocycles. The molecule has 6 rings (SSSR count). The molecule has 0 aliphatic heterocycles. The van der Waals surface area contributed by atoms with Crippen molar-refractivity contribution in [2.45, 2.75) is 159 Å². The number of rotatable bonds is 40. The zero-order valence-electron chi connectivity index (χ0n) is 61.5. The maximum atomic E-state index is 15.5. The molecule has 0 unspecified atom stereocenters. The molecule has 0 aliphatic rings. The van der Waals surface area contributed by atoms with E-state index in [0.29, 0.717) is 35.9 Å². The van der Waals surface area contributed by atoms with Crippen molar-refractivity contribution in [3.63, 3.8) is 0 Å². The molecule has 12 atom stereocenters. The zero-order chi connectivity index (χ0) is 83.2. The van der Waals surface area contributed by atoms with Gasteiger partial charge in [-0.05, 0) is 97.7 Å². The van der Waals surface area contributed by atoms with Gasteiger partial charge < -0.3 is 99.9 Å². The molecule has 11 amide bonds. The molecule has 20 N–H and O–H groups in total. The van der Waals surface area contributed by atoms with Crippen LogP contribution in [-0.2, 0) is 94.4 Å². The first-order valence-corrected chi connectivity index (χ1v) is 34.7. The molecule has 0 bridgehead atoms. The highest BCUT2D eigenvalue weighted by Gasteiger charge is 2.44. The van der Waals surface area contributed by atoms with E-state index in [2.05, 4.69) is 36.6 Å². The number of aromatic amines is 1. The number of benzene rings is 5. The quantitative estimate of drug-likeness (QED) is 0.0125. The van der Waals surface area contributed by atoms with E-state index < -0.39 is 216 Å². The lowest BCUT2D eigenvalue weighted by Crippen LogP contribution is -2.67. The van der Waals surface area contributed by atoms with Gasteiger partial charge in [-0.3, -0.25) is 62.3 Å². The summed E-state index contributed by atoms with van der Waals surface area (Å²) in [4.78, 5) is 182. The number of carboxylic acid groups (broad SMARTS) is 2. The molecular formula is C74H87F5N14O19. The number of aryl methyl sites for hydroxylation is 2. The van der Waals surface area contributed by atoms with Crippen molar-refractivity contribution in [3.05, 3.63) is 166 Å². The van der Waals surface area contributed by atoms with Gasteiger partial charge in [0.1, 0.15) is 59.6 Å². The van der Waals surface area contributed by atoms with Crippen LogP contribution < -0.4 is 69.4 Å². The Kier molecular flexibility index (Phi) is 32.0. The predicted molar refractivity (Wildman–Crippen MR) is 387 cm³/mol. The van der Waals surface area contributed by atoms with E-state index in [0.717, 1.165) is 54.2 Å². The number of H-pyrrole nitrogens is 1. The third-order valence-electron chi connectivity index (χ3n) is 17.8. The van der Waals surface area contributed by atoms with Crippen LogP contribution in [0, 0.1) is 36.0 Å². The van der Waals surface area contributed by atoms with Gasteiger partial charge in [0.05, 0.1) is 57.7 Å². The van der Waals surface area contributed by atoms with Crippen molar-refractivity contribution in [1.29, 1.82) is 0 Å². The first kappa shape index (κ1) is 88.6. The van der Waals surface area contributed by atoms with Crippen LogP contribution in [0.5, 0.6) is 5.75 Å². The van der Waals surface area contributed by atoms with Gasteiger partial charge in [0.2, 0.25) is 70.8 Å². The van der Waals surface area contributed by atoms with Crippen molar-refractivity contribution >= 4 is 76.9 Å². The highest BCUT2D eigenvalue weighted by molar-refractivity contribution is 6.01. The Labute approximate surface area is 636 Å². The van der Waals surface area contributed by atoms with Crippen molar-refractivity contribution in [3.8, 4) is 28.0 Å². The molecule has 6 aromatic rings. The Morgan fingerprint density at radius 1 is 0.571 bits per heavy atom. The standard InChI is InChI=1S/C74H87F5N14O19/c1-8-40-25-44(112-7)21-22-46(40)42-19-15-39(16-20-42)24-50(68(106)86-49(64(81)102)23-38-13-17-41(18-14-38)45-12-10-9-11-34(45)2)88-69(107)52(28-56(100)101)89-70(108)53(32-94)90-71(109)62(36(4)95)92-73(111)74(6,29-47-57(75)59(77)61(79)60(78)58(47)76)93-72(110)63(37(5)96)91-54(97)31-83-67(105)51(27-55(98)99)87-65(103)35(3)85-66(104)48(80)26-43-30-82-33-84-43/h9-22,25,30,33,35-37,48-53,62-63,94-96H,8,23-24,26-29,31-32,80H2,1-7H3,(H2,81,102)(H,82,84)(H,83,105)(H,85,104)(H,86,106)(H,87,103)(H,88,107)(H,89,108)(H,90,109)(H,91,97)(H,92,111)(H,93,110)(H,98,99)(H,100,101)/t35-,36-,37-,48+,49+,50+,51+,52+,53+,62+,63+,74+/m1/s1. The Morgan fingerprint density at radius 2 is 1.07 bits per heavy atom. The van der Waals surface area contributed by atoms with E-state index in [1.54, 1.807) is 54.6 Å². The van der Waals surface area contributed by atoms with Crippen LogP contribution in [0.15, 0.2) is 104 Å². The molecule has 5 aromatic carbocycles. The summed E-state index contributed by atoms with van der Waals surface area (Å²) in [6.45, 7) is 4.58. The summed E-state index contributed by atoms with van der Waals surface area (Å²) >= 11 is 0. The van der Waals surface area contributed by atoms with E-state index in [1.165, 1.54) is 19.6 Å². The fourth-order valence-corrected chi connectivity index (χ4v) is 11.5. The Bertz CT molecular complexity index is 4420. The van der Waals surface area contributed by atoms with E-state index in [-0.39, 0.29) is 19.3 Å². The van der Waals surface area contributed by atoms with Crippen LogP contribution in [-0.4, -0.2) is 205 Å². The van der Waals surface area contributed by atoms with Crippen LogP contribution in [0.3, 0.4) is 0 Å². The minimum atomic E-state index is -3.16. The van der Waals surface area contributed by atoms with Crippen LogP contribution >= 0.6 is 0 Å². The van der Waals surface area contributed by atoms with E-state index in [4.69, 9.17) is 16.2 Å².